The number of aromatic amines is 1. The molecule has 1 fully saturated rings. The average Bonchev–Trinajstić information content (AvgIpc) is 3.68. The molecule has 4 N–H and O–H groups in total. The molecule has 1 saturated heterocycles. The van der Waals surface area contributed by atoms with Crippen molar-refractivity contribution in [1.82, 2.24) is 20.1 Å². The Morgan fingerprint density at radius 2 is 1.98 bits per heavy atom. The number of likely N-dealkylation sites (N-methyl/N-ethyl adjacent to an activating group) is 1. The van der Waals surface area contributed by atoms with Crippen LogP contribution >= 0.6 is 0 Å². The number of hydrogen-bond donors (Lipinski definition) is 4. The number of allylic oxidation sites excluding steroid dienone is 1. The summed E-state index contributed by atoms with van der Waals surface area (Å²) in [5.74, 6) is -3.40. The number of aromatic nitrogens is 1. The van der Waals surface area contributed by atoms with Crippen LogP contribution in [0.1, 0.15) is 48.3 Å². The summed E-state index contributed by atoms with van der Waals surface area (Å²) < 4.78 is 53.1. The number of carbonyl (C=O) groups is 3. The van der Waals surface area contributed by atoms with Crippen molar-refractivity contribution < 1.29 is 31.9 Å². The fraction of sp³-hybridized carbons (Fsp3) is 0.344. The van der Waals surface area contributed by atoms with Gasteiger partial charge in [0.15, 0.2) is 0 Å². The van der Waals surface area contributed by atoms with Gasteiger partial charge in [0.05, 0.1) is 22.7 Å². The van der Waals surface area contributed by atoms with Crippen molar-refractivity contribution in [3.8, 4) is 6.07 Å². The van der Waals surface area contributed by atoms with Crippen LogP contribution in [-0.4, -0.2) is 70.4 Å². The van der Waals surface area contributed by atoms with Crippen molar-refractivity contribution in [2.45, 2.75) is 50.7 Å². The molecule has 10 nitrogen and oxygen atoms in total. The highest BCUT2D eigenvalue weighted by atomic mass is 19.3. The third-order valence-corrected chi connectivity index (χ3v) is 8.44. The topological polar surface area (TPSA) is 145 Å². The Labute approximate surface area is 261 Å². The molecule has 0 aliphatic carbocycles. The number of H-pyrrole nitrogens is 1. The Bertz CT molecular complexity index is 1810. The first-order chi connectivity index (χ1) is 21.7. The summed E-state index contributed by atoms with van der Waals surface area (Å²) in [6.45, 7) is 0.726. The van der Waals surface area contributed by atoms with Gasteiger partial charge < -0.3 is 30.8 Å². The number of benzene rings is 2. The lowest BCUT2D eigenvalue weighted by Crippen LogP contribution is -2.52. The number of alkyl halides is 2. The lowest BCUT2D eigenvalue weighted by Gasteiger charge is -2.33. The molecule has 2 aliphatic rings. The van der Waals surface area contributed by atoms with Crippen molar-refractivity contribution in [1.29, 1.82) is 10.7 Å². The second-order valence-electron chi connectivity index (χ2n) is 11.9. The number of anilines is 1. The highest BCUT2D eigenvalue weighted by Crippen LogP contribution is 2.47. The first-order valence-electron chi connectivity index (χ1n) is 14.5. The van der Waals surface area contributed by atoms with E-state index in [9.17, 15) is 37.2 Å². The van der Waals surface area contributed by atoms with Crippen LogP contribution in [0, 0.1) is 34.3 Å². The molecular formula is C32H31F4N7O3. The van der Waals surface area contributed by atoms with Gasteiger partial charge in [0.2, 0.25) is 11.8 Å². The summed E-state index contributed by atoms with van der Waals surface area (Å²) in [5.41, 5.74) is -0.196. The Morgan fingerprint density at radius 1 is 1.24 bits per heavy atom. The lowest BCUT2D eigenvalue weighted by atomic mass is 9.79. The number of carbonyl (C=O) groups excluding carboxylic acids is 3. The number of amides is 3. The molecular weight excluding hydrogens is 606 g/mol. The van der Waals surface area contributed by atoms with Gasteiger partial charge in [0.25, 0.3) is 5.91 Å². The zero-order valence-electron chi connectivity index (χ0n) is 25.1. The lowest BCUT2D eigenvalue weighted by molar-refractivity contribution is -0.136. The van der Waals surface area contributed by atoms with Gasteiger partial charge in [-0.25, -0.2) is 8.78 Å². The van der Waals surface area contributed by atoms with Crippen molar-refractivity contribution in [2.75, 3.05) is 18.9 Å². The maximum Gasteiger partial charge on any atom is 0.312 e. The Balaban J connectivity index is 1.45. The summed E-state index contributed by atoms with van der Waals surface area (Å²) in [5, 5.41) is 23.0. The molecule has 14 heteroatoms. The highest BCUT2D eigenvalue weighted by Gasteiger charge is 2.57. The van der Waals surface area contributed by atoms with Crippen LogP contribution in [0.5, 0.6) is 0 Å². The van der Waals surface area contributed by atoms with E-state index < -0.39 is 53.4 Å². The number of halogens is 4. The van der Waals surface area contributed by atoms with E-state index >= 15 is 0 Å². The van der Waals surface area contributed by atoms with Crippen molar-refractivity contribution in [2.24, 2.45) is 5.92 Å². The number of nitrogens with zero attached hydrogens (tertiary/aromatic N) is 3. The molecule has 0 unspecified atom stereocenters. The number of likely N-dealkylation sites (tertiary alicyclic amines) is 1. The molecule has 1 spiro atoms. The predicted molar refractivity (Wildman–Crippen MR) is 161 cm³/mol. The van der Waals surface area contributed by atoms with Gasteiger partial charge in [-0.05, 0) is 53.8 Å². The minimum Gasteiger partial charge on any atom is -0.350 e. The Morgan fingerprint density at radius 3 is 2.65 bits per heavy atom. The first-order valence-corrected chi connectivity index (χ1v) is 14.5. The van der Waals surface area contributed by atoms with Crippen LogP contribution in [0.2, 0.25) is 0 Å². The monoisotopic (exact) mass is 637 g/mol. The number of hydrogen-bond acceptors (Lipinski definition) is 6. The summed E-state index contributed by atoms with van der Waals surface area (Å²) >= 11 is 0. The zero-order valence-corrected chi connectivity index (χ0v) is 25.1. The molecule has 3 amide bonds. The number of nitrogens with one attached hydrogen (secondary N) is 4. The van der Waals surface area contributed by atoms with E-state index in [0.717, 1.165) is 18.3 Å². The number of rotatable bonds is 9. The quantitative estimate of drug-likeness (QED) is 0.154. The molecule has 240 valence electrons. The molecule has 46 heavy (non-hydrogen) atoms. The van der Waals surface area contributed by atoms with Crippen molar-refractivity contribution in [3.63, 3.8) is 0 Å². The van der Waals surface area contributed by atoms with Gasteiger partial charge in [0, 0.05) is 43.4 Å². The van der Waals surface area contributed by atoms with Gasteiger partial charge in [-0.15, -0.1) is 0 Å². The Hall–Kier alpha value is -5.19. The van der Waals surface area contributed by atoms with E-state index in [2.05, 4.69) is 16.4 Å². The molecule has 0 radical (unpaired) electrons. The largest absolute Gasteiger partial charge is 0.350 e. The number of fused-ring (bicyclic) bond motifs is 3. The van der Waals surface area contributed by atoms with E-state index in [1.54, 1.807) is 23.5 Å². The Kier molecular flexibility index (Phi) is 8.62. The van der Waals surface area contributed by atoms with Gasteiger partial charge in [-0.1, -0.05) is 19.9 Å². The molecule has 3 aromatic rings. The van der Waals surface area contributed by atoms with Crippen LogP contribution in [0.25, 0.3) is 10.9 Å². The fourth-order valence-corrected chi connectivity index (χ4v) is 6.16. The molecule has 3 heterocycles. The predicted octanol–water partition coefficient (Wildman–Crippen LogP) is 4.64. The standard InChI is InChI=1S/C32H31F4N7O3/c1-16(2)8-27(42(3)28(44)26-12-20-22(34)10-18(33)11-25(20)40-26)29(45)43-15-32(13-19(43)14-37)21-9-17(4-5-24(21)41-30(32)46)23(38)6-7-39-31(35)36/h4-7,9-12,16,19,27,31,38-40H,8,13,15H2,1-3H3,(H,41,46)/b7-6-,38-23?/t19-,27-,32-/m0/s1. The van der Waals surface area contributed by atoms with E-state index in [4.69, 9.17) is 5.41 Å². The summed E-state index contributed by atoms with van der Waals surface area (Å²) in [4.78, 5) is 46.5. The third-order valence-electron chi connectivity index (χ3n) is 8.44. The molecule has 0 bridgehead atoms. The fourth-order valence-electron chi connectivity index (χ4n) is 6.16. The summed E-state index contributed by atoms with van der Waals surface area (Å²) in [6, 6.07) is 7.72. The molecule has 5 rings (SSSR count). The minimum absolute atomic E-state index is 0.00931. The zero-order chi connectivity index (χ0) is 33.5. The van der Waals surface area contributed by atoms with Gasteiger partial charge in [-0.3, -0.25) is 14.4 Å². The van der Waals surface area contributed by atoms with Gasteiger partial charge in [-0.2, -0.15) is 14.0 Å². The molecule has 2 aliphatic heterocycles. The SMILES string of the molecule is CC(C)C[C@@H](C(=O)N1C[C@]2(C[C@H]1C#N)C(=O)Nc1ccc(C(=N)/C=C\NC(F)F)cc12)N(C)C(=O)c1cc2c(F)cc(F)cc2[nH]1. The van der Waals surface area contributed by atoms with E-state index in [1.165, 1.54) is 22.9 Å². The van der Waals surface area contributed by atoms with Crippen LogP contribution in [0.4, 0.5) is 23.2 Å². The van der Waals surface area contributed by atoms with Crippen LogP contribution < -0.4 is 10.6 Å². The van der Waals surface area contributed by atoms with Gasteiger partial charge >= 0.3 is 6.55 Å². The first kappa shape index (κ1) is 32.2. The molecule has 0 saturated carbocycles. The number of nitriles is 1. The van der Waals surface area contributed by atoms with Crippen molar-refractivity contribution in [3.05, 3.63) is 77.1 Å². The maximum absolute atomic E-state index is 14.4. The summed E-state index contributed by atoms with van der Waals surface area (Å²) in [6.07, 6.45) is 2.24. The van der Waals surface area contributed by atoms with Crippen LogP contribution in [0.15, 0.2) is 48.7 Å². The average molecular weight is 638 g/mol. The van der Waals surface area contributed by atoms with E-state index in [-0.39, 0.29) is 47.6 Å². The second-order valence-corrected chi connectivity index (χ2v) is 11.9. The maximum atomic E-state index is 14.4. The van der Waals surface area contributed by atoms with Crippen LogP contribution in [-0.2, 0) is 15.0 Å². The minimum atomic E-state index is -2.80. The molecule has 1 aromatic heterocycles. The normalized spacial score (nSPS) is 19.6. The summed E-state index contributed by atoms with van der Waals surface area (Å²) in [7, 11) is 1.41. The smallest absolute Gasteiger partial charge is 0.312 e. The van der Waals surface area contributed by atoms with Crippen LogP contribution in [0.3, 0.4) is 0 Å². The van der Waals surface area contributed by atoms with Crippen molar-refractivity contribution >= 4 is 40.0 Å². The third kappa shape index (κ3) is 5.80. The van der Waals surface area contributed by atoms with Gasteiger partial charge in [0.1, 0.15) is 29.4 Å². The highest BCUT2D eigenvalue weighted by molar-refractivity contribution is 6.11. The van der Waals surface area contributed by atoms with E-state index in [0.29, 0.717) is 22.9 Å². The molecule has 2 aromatic carbocycles. The molecule has 3 atom stereocenters. The second kappa shape index (κ2) is 12.3. The van der Waals surface area contributed by atoms with E-state index in [1.807, 2.05) is 13.8 Å².